The van der Waals surface area contributed by atoms with Gasteiger partial charge in [0.25, 0.3) is 0 Å². The van der Waals surface area contributed by atoms with Gasteiger partial charge < -0.3 is 0 Å². The molecule has 0 N–H and O–H groups in total. The lowest BCUT2D eigenvalue weighted by Crippen LogP contribution is -2.27. The maximum Gasteiger partial charge on any atom is 0.170 e. The number of carbonyl (C=O) groups is 1. The molecule has 3 heteroatoms. The second kappa shape index (κ2) is 5.00. The van der Waals surface area contributed by atoms with E-state index >= 15 is 0 Å². The second-order valence-corrected chi connectivity index (χ2v) is 6.31. The molecule has 0 aromatic heterocycles. The van der Waals surface area contributed by atoms with Crippen LogP contribution in [0.5, 0.6) is 0 Å². The molecule has 2 rings (SSSR count). The zero-order chi connectivity index (χ0) is 13.3. The third-order valence-electron chi connectivity index (χ3n) is 3.92. The molecule has 1 saturated carbocycles. The van der Waals surface area contributed by atoms with Crippen molar-refractivity contribution in [2.24, 2.45) is 11.3 Å². The van der Waals surface area contributed by atoms with E-state index in [0.717, 1.165) is 25.7 Å². The Labute approximate surface area is 112 Å². The van der Waals surface area contributed by atoms with E-state index in [-0.39, 0.29) is 22.3 Å². The van der Waals surface area contributed by atoms with Crippen molar-refractivity contribution in [3.05, 3.63) is 34.6 Å². The number of ketones is 1. The predicted molar refractivity (Wildman–Crippen MR) is 71.5 cm³/mol. The van der Waals surface area contributed by atoms with Crippen LogP contribution >= 0.6 is 11.6 Å². The van der Waals surface area contributed by atoms with Gasteiger partial charge in [-0.3, -0.25) is 4.79 Å². The second-order valence-electron chi connectivity index (χ2n) is 5.90. The van der Waals surface area contributed by atoms with Crippen LogP contribution in [0.1, 0.15) is 49.9 Å². The van der Waals surface area contributed by atoms with E-state index in [1.165, 1.54) is 12.1 Å². The summed E-state index contributed by atoms with van der Waals surface area (Å²) >= 11 is 5.94. The summed E-state index contributed by atoms with van der Waals surface area (Å²) in [6.07, 6.45) is 3.68. The Hall–Kier alpha value is -0.890. The zero-order valence-corrected chi connectivity index (χ0v) is 11.6. The molecule has 0 unspecified atom stereocenters. The molecule has 0 saturated heterocycles. The topological polar surface area (TPSA) is 17.1 Å². The van der Waals surface area contributed by atoms with Crippen molar-refractivity contribution < 1.29 is 9.18 Å². The molecule has 0 spiro atoms. The monoisotopic (exact) mass is 268 g/mol. The molecule has 1 aromatic carbocycles. The van der Waals surface area contributed by atoms with Gasteiger partial charge in [0.1, 0.15) is 5.82 Å². The lowest BCUT2D eigenvalue weighted by atomic mass is 9.71. The molecule has 18 heavy (non-hydrogen) atoms. The average molecular weight is 269 g/mol. The van der Waals surface area contributed by atoms with Crippen LogP contribution in [-0.2, 0) is 0 Å². The maximum absolute atomic E-state index is 13.7. The lowest BCUT2D eigenvalue weighted by molar-refractivity contribution is 0.0834. The summed E-state index contributed by atoms with van der Waals surface area (Å²) in [6, 6.07) is 4.40. The predicted octanol–water partition coefficient (Wildman–Crippen LogP) is 4.88. The molecule has 1 aliphatic carbocycles. The van der Waals surface area contributed by atoms with E-state index in [1.54, 1.807) is 6.07 Å². The molecule has 0 atom stereocenters. The lowest BCUT2D eigenvalue weighted by Gasteiger charge is -2.33. The van der Waals surface area contributed by atoms with E-state index < -0.39 is 5.82 Å². The minimum Gasteiger partial charge on any atom is -0.294 e. The quantitative estimate of drug-likeness (QED) is 0.699. The maximum atomic E-state index is 13.7. The fraction of sp³-hybridized carbons (Fsp3) is 0.533. The van der Waals surface area contributed by atoms with Crippen LogP contribution in [0, 0.1) is 17.2 Å². The first-order valence-corrected chi connectivity index (χ1v) is 6.77. The number of rotatable bonds is 2. The molecule has 0 radical (unpaired) electrons. The van der Waals surface area contributed by atoms with Gasteiger partial charge >= 0.3 is 0 Å². The van der Waals surface area contributed by atoms with Gasteiger partial charge in [0.15, 0.2) is 5.78 Å². The zero-order valence-electron chi connectivity index (χ0n) is 10.8. The van der Waals surface area contributed by atoms with Crippen molar-refractivity contribution in [2.75, 3.05) is 0 Å². The molecule has 98 valence electrons. The van der Waals surface area contributed by atoms with E-state index in [2.05, 4.69) is 13.8 Å². The number of carbonyl (C=O) groups excluding carboxylic acids is 1. The normalized spacial score (nSPS) is 19.8. The highest BCUT2D eigenvalue weighted by atomic mass is 35.5. The van der Waals surface area contributed by atoms with Crippen molar-refractivity contribution in [1.82, 2.24) is 0 Å². The SMILES string of the molecule is CC1(C)CCC(C(=O)c2c(F)cccc2Cl)CC1. The minimum atomic E-state index is -0.502. The van der Waals surface area contributed by atoms with Gasteiger partial charge in [-0.1, -0.05) is 31.5 Å². The third-order valence-corrected chi connectivity index (χ3v) is 4.23. The van der Waals surface area contributed by atoms with E-state index in [4.69, 9.17) is 11.6 Å². The molecular weight excluding hydrogens is 251 g/mol. The number of Topliss-reactive ketones (excluding diaryl/α,β-unsaturated/α-hetero) is 1. The van der Waals surface area contributed by atoms with Crippen molar-refractivity contribution in [3.8, 4) is 0 Å². The first-order chi connectivity index (χ1) is 8.41. The third kappa shape index (κ3) is 2.74. The Kier molecular flexibility index (Phi) is 3.76. The first kappa shape index (κ1) is 13.5. The molecule has 1 fully saturated rings. The largest absolute Gasteiger partial charge is 0.294 e. The average Bonchev–Trinajstić information content (AvgIpc) is 2.28. The Morgan fingerprint density at radius 1 is 1.33 bits per heavy atom. The highest BCUT2D eigenvalue weighted by Crippen LogP contribution is 2.39. The standard InChI is InChI=1S/C15H18ClFO/c1-15(2)8-6-10(7-9-15)14(18)13-11(16)4-3-5-12(13)17/h3-5,10H,6-9H2,1-2H3. The molecule has 0 heterocycles. The first-order valence-electron chi connectivity index (χ1n) is 6.39. The Balaban J connectivity index is 2.18. The van der Waals surface area contributed by atoms with Gasteiger partial charge in [-0.05, 0) is 43.2 Å². The molecule has 1 aromatic rings. The van der Waals surface area contributed by atoms with Crippen LogP contribution < -0.4 is 0 Å². The molecular formula is C15H18ClFO. The summed E-state index contributed by atoms with van der Waals surface area (Å²) in [5.41, 5.74) is 0.374. The fourth-order valence-electron chi connectivity index (χ4n) is 2.60. The van der Waals surface area contributed by atoms with Crippen molar-refractivity contribution in [2.45, 2.75) is 39.5 Å². The summed E-state index contributed by atoms with van der Waals surface area (Å²) < 4.78 is 13.7. The smallest absolute Gasteiger partial charge is 0.170 e. The van der Waals surface area contributed by atoms with Gasteiger partial charge in [0.2, 0.25) is 0 Å². The highest BCUT2D eigenvalue weighted by molar-refractivity contribution is 6.34. The van der Waals surface area contributed by atoms with Gasteiger partial charge in [0.05, 0.1) is 10.6 Å². The summed E-state index contributed by atoms with van der Waals surface area (Å²) in [6.45, 7) is 4.42. The number of hydrogen-bond donors (Lipinski definition) is 0. The van der Waals surface area contributed by atoms with E-state index in [9.17, 15) is 9.18 Å². The number of benzene rings is 1. The van der Waals surface area contributed by atoms with Crippen molar-refractivity contribution in [3.63, 3.8) is 0 Å². The van der Waals surface area contributed by atoms with Crippen LogP contribution in [-0.4, -0.2) is 5.78 Å². The van der Waals surface area contributed by atoms with E-state index in [1.807, 2.05) is 0 Å². The molecule has 0 amide bonds. The van der Waals surface area contributed by atoms with Crippen molar-refractivity contribution >= 4 is 17.4 Å². The van der Waals surface area contributed by atoms with Gasteiger partial charge in [-0.25, -0.2) is 4.39 Å². The Morgan fingerprint density at radius 3 is 2.50 bits per heavy atom. The number of hydrogen-bond acceptors (Lipinski definition) is 1. The van der Waals surface area contributed by atoms with Gasteiger partial charge in [0, 0.05) is 5.92 Å². The van der Waals surface area contributed by atoms with Gasteiger partial charge in [-0.15, -0.1) is 0 Å². The van der Waals surface area contributed by atoms with Crippen LogP contribution in [0.4, 0.5) is 4.39 Å². The van der Waals surface area contributed by atoms with Crippen molar-refractivity contribution in [1.29, 1.82) is 0 Å². The summed E-state index contributed by atoms with van der Waals surface area (Å²) in [4.78, 5) is 12.3. The summed E-state index contributed by atoms with van der Waals surface area (Å²) in [5, 5.41) is 0.227. The molecule has 1 nitrogen and oxygen atoms in total. The highest BCUT2D eigenvalue weighted by Gasteiger charge is 2.32. The molecule has 0 aliphatic heterocycles. The van der Waals surface area contributed by atoms with Crippen LogP contribution in [0.3, 0.4) is 0 Å². The van der Waals surface area contributed by atoms with E-state index in [0.29, 0.717) is 5.41 Å². The summed E-state index contributed by atoms with van der Waals surface area (Å²) in [7, 11) is 0. The molecule has 1 aliphatic rings. The minimum absolute atomic E-state index is 0.0730. The molecule has 0 bridgehead atoms. The fourth-order valence-corrected chi connectivity index (χ4v) is 2.85. The van der Waals surface area contributed by atoms with Crippen LogP contribution in [0.25, 0.3) is 0 Å². The van der Waals surface area contributed by atoms with Crippen LogP contribution in [0.15, 0.2) is 18.2 Å². The Bertz CT molecular complexity index is 437. The van der Waals surface area contributed by atoms with Gasteiger partial charge in [-0.2, -0.15) is 0 Å². The number of halogens is 2. The van der Waals surface area contributed by atoms with Crippen LogP contribution in [0.2, 0.25) is 5.02 Å². The summed E-state index contributed by atoms with van der Waals surface area (Å²) in [5.74, 6) is -0.710. The Morgan fingerprint density at radius 2 is 1.94 bits per heavy atom.